The summed E-state index contributed by atoms with van der Waals surface area (Å²) in [5.41, 5.74) is 0.0777. The first-order valence-corrected chi connectivity index (χ1v) is 6.55. The van der Waals surface area contributed by atoms with Gasteiger partial charge in [0.1, 0.15) is 5.70 Å². The monoisotopic (exact) mass is 306 g/mol. The minimum absolute atomic E-state index is 0.0180. The lowest BCUT2D eigenvalue weighted by atomic mass is 10.1. The van der Waals surface area contributed by atoms with Crippen molar-refractivity contribution in [2.24, 2.45) is 0 Å². The van der Waals surface area contributed by atoms with Gasteiger partial charge in [-0.3, -0.25) is 4.79 Å². The number of rotatable bonds is 6. The fourth-order valence-electron chi connectivity index (χ4n) is 1.60. The SMILES string of the molecule is COC(=O)/C=C(\Nc1ccccc1C(=O)O)C(=O)NC(C)C. The van der Waals surface area contributed by atoms with Crippen LogP contribution in [0.15, 0.2) is 36.0 Å². The molecule has 0 heterocycles. The standard InChI is InChI=1S/C15H18N2O5/c1-9(2)16-14(19)12(8-13(18)22-3)17-11-7-5-4-6-10(11)15(20)21/h4-9,17H,1-3H3,(H,16,19)(H,20,21)/b12-8-. The number of carboxylic acids is 1. The highest BCUT2D eigenvalue weighted by molar-refractivity contribution is 6.03. The number of hydrogen-bond donors (Lipinski definition) is 3. The second-order valence-electron chi connectivity index (χ2n) is 4.69. The Morgan fingerprint density at radius 1 is 1.23 bits per heavy atom. The van der Waals surface area contributed by atoms with Gasteiger partial charge in [0.15, 0.2) is 0 Å². The number of hydrogen-bond acceptors (Lipinski definition) is 5. The van der Waals surface area contributed by atoms with Gasteiger partial charge in [-0.1, -0.05) is 12.1 Å². The fraction of sp³-hybridized carbons (Fsp3) is 0.267. The zero-order chi connectivity index (χ0) is 16.7. The van der Waals surface area contributed by atoms with Gasteiger partial charge < -0.3 is 20.5 Å². The number of esters is 1. The molecule has 0 aliphatic heterocycles. The van der Waals surface area contributed by atoms with E-state index in [0.29, 0.717) is 0 Å². The van der Waals surface area contributed by atoms with Crippen molar-refractivity contribution < 1.29 is 24.2 Å². The van der Waals surface area contributed by atoms with Crippen LogP contribution in [0.25, 0.3) is 0 Å². The van der Waals surface area contributed by atoms with Crippen molar-refractivity contribution in [1.82, 2.24) is 5.32 Å². The van der Waals surface area contributed by atoms with Gasteiger partial charge in [0, 0.05) is 6.04 Å². The number of benzene rings is 1. The van der Waals surface area contributed by atoms with Gasteiger partial charge in [-0.25, -0.2) is 9.59 Å². The molecule has 1 rings (SSSR count). The van der Waals surface area contributed by atoms with E-state index in [1.165, 1.54) is 19.2 Å². The lowest BCUT2D eigenvalue weighted by molar-refractivity contribution is -0.135. The summed E-state index contributed by atoms with van der Waals surface area (Å²) in [7, 11) is 1.18. The van der Waals surface area contributed by atoms with E-state index in [1.807, 2.05) is 0 Å². The summed E-state index contributed by atoms with van der Waals surface area (Å²) in [4.78, 5) is 34.7. The highest BCUT2D eigenvalue weighted by atomic mass is 16.5. The Morgan fingerprint density at radius 2 is 1.86 bits per heavy atom. The van der Waals surface area contributed by atoms with Crippen LogP contribution in [0.4, 0.5) is 5.69 Å². The van der Waals surface area contributed by atoms with Gasteiger partial charge in [-0.15, -0.1) is 0 Å². The number of ether oxygens (including phenoxy) is 1. The first kappa shape index (κ1) is 17.2. The van der Waals surface area contributed by atoms with Crippen molar-refractivity contribution in [2.75, 3.05) is 12.4 Å². The summed E-state index contributed by atoms with van der Waals surface area (Å²) in [6, 6.07) is 5.92. The Hall–Kier alpha value is -2.83. The third kappa shape index (κ3) is 4.93. The molecule has 0 aliphatic rings. The molecule has 0 spiro atoms. The molecule has 0 bridgehead atoms. The summed E-state index contributed by atoms with van der Waals surface area (Å²) in [5, 5.41) is 14.4. The summed E-state index contributed by atoms with van der Waals surface area (Å²) in [6.07, 6.45) is 0.969. The maximum absolute atomic E-state index is 12.1. The maximum Gasteiger partial charge on any atom is 0.337 e. The Morgan fingerprint density at radius 3 is 2.41 bits per heavy atom. The number of amides is 1. The van der Waals surface area contributed by atoms with Crippen LogP contribution in [0, 0.1) is 0 Å². The summed E-state index contributed by atoms with van der Waals surface area (Å²) in [6.45, 7) is 3.53. The number of carboxylic acid groups (broad SMARTS) is 1. The first-order valence-electron chi connectivity index (χ1n) is 6.55. The molecule has 0 atom stereocenters. The molecule has 22 heavy (non-hydrogen) atoms. The number of carbonyl (C=O) groups excluding carboxylic acids is 2. The topological polar surface area (TPSA) is 105 Å². The average Bonchev–Trinajstić information content (AvgIpc) is 2.45. The molecule has 118 valence electrons. The smallest absolute Gasteiger partial charge is 0.337 e. The molecule has 0 saturated carbocycles. The number of methoxy groups -OCH3 is 1. The second-order valence-corrected chi connectivity index (χ2v) is 4.69. The molecule has 1 aromatic carbocycles. The summed E-state index contributed by atoms with van der Waals surface area (Å²) < 4.78 is 4.50. The van der Waals surface area contributed by atoms with Crippen LogP contribution >= 0.6 is 0 Å². The van der Waals surface area contributed by atoms with E-state index >= 15 is 0 Å². The van der Waals surface area contributed by atoms with Gasteiger partial charge in [0.2, 0.25) is 0 Å². The van der Waals surface area contributed by atoms with E-state index in [4.69, 9.17) is 5.11 Å². The van der Waals surface area contributed by atoms with Crippen LogP contribution < -0.4 is 10.6 Å². The molecule has 1 amide bonds. The normalized spacial score (nSPS) is 11.0. The minimum Gasteiger partial charge on any atom is -0.478 e. The maximum atomic E-state index is 12.1. The Balaban J connectivity index is 3.14. The number of aromatic carboxylic acids is 1. The summed E-state index contributed by atoms with van der Waals surface area (Å²) in [5.74, 6) is -2.42. The molecular formula is C15H18N2O5. The number of carbonyl (C=O) groups is 3. The molecule has 0 fully saturated rings. The van der Waals surface area contributed by atoms with Gasteiger partial charge in [-0.2, -0.15) is 0 Å². The molecular weight excluding hydrogens is 288 g/mol. The minimum atomic E-state index is -1.15. The van der Waals surface area contributed by atoms with E-state index in [1.54, 1.807) is 26.0 Å². The van der Waals surface area contributed by atoms with Crippen molar-refractivity contribution in [1.29, 1.82) is 0 Å². The van der Waals surface area contributed by atoms with Gasteiger partial charge in [0.05, 0.1) is 24.4 Å². The predicted octanol–water partition coefficient (Wildman–Crippen LogP) is 1.38. The van der Waals surface area contributed by atoms with Gasteiger partial charge in [-0.05, 0) is 26.0 Å². The highest BCUT2D eigenvalue weighted by Gasteiger charge is 2.16. The Bertz CT molecular complexity index is 608. The van der Waals surface area contributed by atoms with Gasteiger partial charge >= 0.3 is 11.9 Å². The molecule has 1 aromatic rings. The van der Waals surface area contributed by atoms with E-state index in [9.17, 15) is 14.4 Å². The van der Waals surface area contributed by atoms with Crippen LogP contribution in [-0.2, 0) is 14.3 Å². The molecule has 0 aromatic heterocycles. The van der Waals surface area contributed by atoms with Crippen molar-refractivity contribution in [3.63, 3.8) is 0 Å². The quantitative estimate of drug-likeness (QED) is 0.542. The number of para-hydroxylation sites is 1. The number of nitrogens with one attached hydrogen (secondary N) is 2. The zero-order valence-electron chi connectivity index (χ0n) is 12.5. The number of anilines is 1. The molecule has 0 radical (unpaired) electrons. The van der Waals surface area contributed by atoms with E-state index < -0.39 is 17.8 Å². The van der Waals surface area contributed by atoms with Crippen LogP contribution in [0.1, 0.15) is 24.2 Å². The molecule has 0 unspecified atom stereocenters. The van der Waals surface area contributed by atoms with Crippen molar-refractivity contribution in [3.05, 3.63) is 41.6 Å². The van der Waals surface area contributed by atoms with E-state index in [2.05, 4.69) is 15.4 Å². The third-order valence-corrected chi connectivity index (χ3v) is 2.55. The largest absolute Gasteiger partial charge is 0.478 e. The van der Waals surface area contributed by atoms with Crippen molar-refractivity contribution in [2.45, 2.75) is 19.9 Å². The third-order valence-electron chi connectivity index (χ3n) is 2.55. The second kappa shape index (κ2) is 7.82. The predicted molar refractivity (Wildman–Crippen MR) is 80.4 cm³/mol. The van der Waals surface area contributed by atoms with Crippen LogP contribution in [0.2, 0.25) is 0 Å². The van der Waals surface area contributed by atoms with Crippen LogP contribution in [0.3, 0.4) is 0 Å². The first-order chi connectivity index (χ1) is 10.3. The lowest BCUT2D eigenvalue weighted by Gasteiger charge is -2.14. The van der Waals surface area contributed by atoms with E-state index in [-0.39, 0.29) is 23.0 Å². The zero-order valence-corrected chi connectivity index (χ0v) is 12.5. The molecule has 3 N–H and O–H groups in total. The van der Waals surface area contributed by atoms with Crippen molar-refractivity contribution in [3.8, 4) is 0 Å². The molecule has 0 aliphatic carbocycles. The summed E-state index contributed by atoms with van der Waals surface area (Å²) >= 11 is 0. The Kier molecular flexibility index (Phi) is 6.12. The van der Waals surface area contributed by atoms with Gasteiger partial charge in [0.25, 0.3) is 5.91 Å². The highest BCUT2D eigenvalue weighted by Crippen LogP contribution is 2.17. The fourth-order valence-corrected chi connectivity index (χ4v) is 1.60. The van der Waals surface area contributed by atoms with Crippen LogP contribution in [-0.4, -0.2) is 36.1 Å². The van der Waals surface area contributed by atoms with Crippen LogP contribution in [0.5, 0.6) is 0 Å². The molecule has 7 nitrogen and oxygen atoms in total. The lowest BCUT2D eigenvalue weighted by Crippen LogP contribution is -2.34. The molecule has 7 heteroatoms. The Labute approximate surface area is 128 Å². The van der Waals surface area contributed by atoms with E-state index in [0.717, 1.165) is 6.08 Å². The van der Waals surface area contributed by atoms with Crippen molar-refractivity contribution >= 4 is 23.5 Å². The average molecular weight is 306 g/mol. The molecule has 0 saturated heterocycles.